The number of rotatable bonds is 8. The summed E-state index contributed by atoms with van der Waals surface area (Å²) in [5, 5.41) is 5.66. The highest BCUT2D eigenvalue weighted by atomic mass is 16.5. The molecular weight excluding hydrogens is 436 g/mol. The molecule has 0 atom stereocenters. The highest BCUT2D eigenvalue weighted by Gasteiger charge is 2.15. The van der Waals surface area contributed by atoms with Crippen LogP contribution in [-0.2, 0) is 11.3 Å². The number of carbonyl (C=O) groups is 2. The van der Waals surface area contributed by atoms with Crippen molar-refractivity contribution in [1.82, 2.24) is 10.6 Å². The van der Waals surface area contributed by atoms with Crippen LogP contribution in [0.1, 0.15) is 27.0 Å². The van der Waals surface area contributed by atoms with Crippen molar-refractivity contribution in [2.45, 2.75) is 13.5 Å². The predicted molar refractivity (Wildman–Crippen MR) is 138 cm³/mol. The quantitative estimate of drug-likeness (QED) is 0.322. The molecule has 0 spiro atoms. The topological polar surface area (TPSA) is 67.4 Å². The Balaban J connectivity index is 1.57. The standard InChI is InChI=1S/C30H26N2O3/c1-22-15-17-25(18-16-22)29(33)32-28(30(34)31-21-23-9-4-2-5-10-23)20-24-11-8-14-27(19-24)35-26-12-6-3-7-13-26/h2-20H,21H2,1H3,(H,31,34)(H,32,33)/b28-20+. The van der Waals surface area contributed by atoms with Crippen molar-refractivity contribution in [3.8, 4) is 11.5 Å². The smallest absolute Gasteiger partial charge is 0.268 e. The van der Waals surface area contributed by atoms with Crippen LogP contribution >= 0.6 is 0 Å². The summed E-state index contributed by atoms with van der Waals surface area (Å²) in [4.78, 5) is 26.0. The van der Waals surface area contributed by atoms with E-state index in [0.717, 1.165) is 11.1 Å². The van der Waals surface area contributed by atoms with Gasteiger partial charge in [-0.2, -0.15) is 0 Å². The molecule has 2 N–H and O–H groups in total. The number of hydrogen-bond donors (Lipinski definition) is 2. The number of hydrogen-bond acceptors (Lipinski definition) is 3. The summed E-state index contributed by atoms with van der Waals surface area (Å²) >= 11 is 0. The van der Waals surface area contributed by atoms with Crippen LogP contribution in [0.2, 0.25) is 0 Å². The zero-order valence-electron chi connectivity index (χ0n) is 19.4. The van der Waals surface area contributed by atoms with Gasteiger partial charge in [-0.3, -0.25) is 9.59 Å². The molecule has 0 radical (unpaired) electrons. The minimum Gasteiger partial charge on any atom is -0.457 e. The summed E-state index contributed by atoms with van der Waals surface area (Å²) in [5.74, 6) is 0.590. The lowest BCUT2D eigenvalue weighted by Gasteiger charge is -2.12. The molecule has 0 unspecified atom stereocenters. The van der Waals surface area contributed by atoms with Gasteiger partial charge in [-0.25, -0.2) is 0 Å². The van der Waals surface area contributed by atoms with Crippen LogP contribution in [0.25, 0.3) is 6.08 Å². The number of benzene rings is 4. The molecule has 4 rings (SSSR count). The van der Waals surface area contributed by atoms with Gasteiger partial charge in [0, 0.05) is 12.1 Å². The number of ether oxygens (including phenoxy) is 1. The van der Waals surface area contributed by atoms with E-state index in [-0.39, 0.29) is 17.5 Å². The lowest BCUT2D eigenvalue weighted by atomic mass is 10.1. The SMILES string of the molecule is Cc1ccc(C(=O)N/C(=C/c2cccc(Oc3ccccc3)c2)C(=O)NCc2ccccc2)cc1. The first-order chi connectivity index (χ1) is 17.1. The van der Waals surface area contributed by atoms with Gasteiger partial charge in [-0.15, -0.1) is 0 Å². The maximum atomic E-state index is 13.1. The van der Waals surface area contributed by atoms with Crippen LogP contribution in [0.4, 0.5) is 0 Å². The molecule has 0 aliphatic carbocycles. The molecule has 4 aromatic rings. The first-order valence-electron chi connectivity index (χ1n) is 11.3. The second kappa shape index (κ2) is 11.5. The van der Waals surface area contributed by atoms with Crippen LogP contribution in [-0.4, -0.2) is 11.8 Å². The molecule has 0 saturated carbocycles. The van der Waals surface area contributed by atoms with Gasteiger partial charge in [0.15, 0.2) is 0 Å². The molecule has 174 valence electrons. The van der Waals surface area contributed by atoms with E-state index in [4.69, 9.17) is 4.74 Å². The van der Waals surface area contributed by atoms with Crippen molar-refractivity contribution >= 4 is 17.9 Å². The summed E-state index contributed by atoms with van der Waals surface area (Å²) in [7, 11) is 0. The van der Waals surface area contributed by atoms with E-state index in [2.05, 4.69) is 10.6 Å². The number of aryl methyl sites for hydroxylation is 1. The Morgan fingerprint density at radius 1 is 0.771 bits per heavy atom. The van der Waals surface area contributed by atoms with Gasteiger partial charge >= 0.3 is 0 Å². The minimum absolute atomic E-state index is 0.142. The maximum Gasteiger partial charge on any atom is 0.268 e. The Morgan fingerprint density at radius 3 is 2.14 bits per heavy atom. The van der Waals surface area contributed by atoms with E-state index in [1.807, 2.05) is 104 Å². The van der Waals surface area contributed by atoms with E-state index < -0.39 is 0 Å². The van der Waals surface area contributed by atoms with Gasteiger partial charge in [-0.05, 0) is 60.5 Å². The van der Waals surface area contributed by atoms with Crippen LogP contribution in [0.5, 0.6) is 11.5 Å². The third-order valence-corrected chi connectivity index (χ3v) is 5.25. The fourth-order valence-corrected chi connectivity index (χ4v) is 3.39. The van der Waals surface area contributed by atoms with Crippen molar-refractivity contribution in [2.24, 2.45) is 0 Å². The molecule has 5 heteroatoms. The second-order valence-electron chi connectivity index (χ2n) is 8.03. The van der Waals surface area contributed by atoms with E-state index in [0.29, 0.717) is 29.2 Å². The Kier molecular flexibility index (Phi) is 7.71. The Hall–Kier alpha value is -4.64. The van der Waals surface area contributed by atoms with E-state index in [1.165, 1.54) is 0 Å². The number of amides is 2. The van der Waals surface area contributed by atoms with Gasteiger partial charge in [-0.1, -0.05) is 78.4 Å². The van der Waals surface area contributed by atoms with Crippen molar-refractivity contribution in [3.63, 3.8) is 0 Å². The second-order valence-corrected chi connectivity index (χ2v) is 8.03. The largest absolute Gasteiger partial charge is 0.457 e. The van der Waals surface area contributed by atoms with Crippen LogP contribution < -0.4 is 15.4 Å². The molecule has 0 bridgehead atoms. The predicted octanol–water partition coefficient (Wildman–Crippen LogP) is 5.87. The molecule has 2 amide bonds. The highest BCUT2D eigenvalue weighted by molar-refractivity contribution is 6.05. The summed E-state index contributed by atoms with van der Waals surface area (Å²) < 4.78 is 5.91. The monoisotopic (exact) mass is 462 g/mol. The third kappa shape index (κ3) is 6.92. The Morgan fingerprint density at radius 2 is 1.43 bits per heavy atom. The molecular formula is C30H26N2O3. The van der Waals surface area contributed by atoms with E-state index in [1.54, 1.807) is 18.2 Å². The first kappa shape index (κ1) is 23.5. The summed E-state index contributed by atoms with van der Waals surface area (Å²) in [6.07, 6.45) is 1.64. The molecule has 0 aliphatic rings. The number of nitrogens with one attached hydrogen (secondary N) is 2. The van der Waals surface area contributed by atoms with Crippen molar-refractivity contribution in [2.75, 3.05) is 0 Å². The summed E-state index contributed by atoms with van der Waals surface area (Å²) in [6, 6.07) is 33.6. The van der Waals surface area contributed by atoms with Gasteiger partial charge in [0.1, 0.15) is 17.2 Å². The van der Waals surface area contributed by atoms with E-state index in [9.17, 15) is 9.59 Å². The Bertz CT molecular complexity index is 1310. The van der Waals surface area contributed by atoms with Crippen LogP contribution in [0.3, 0.4) is 0 Å². The molecule has 35 heavy (non-hydrogen) atoms. The van der Waals surface area contributed by atoms with Crippen molar-refractivity contribution in [1.29, 1.82) is 0 Å². The molecule has 0 saturated heterocycles. The lowest BCUT2D eigenvalue weighted by molar-refractivity contribution is -0.117. The highest BCUT2D eigenvalue weighted by Crippen LogP contribution is 2.22. The maximum absolute atomic E-state index is 13.1. The van der Waals surface area contributed by atoms with Gasteiger partial charge in [0.05, 0.1) is 0 Å². The number of para-hydroxylation sites is 1. The first-order valence-corrected chi connectivity index (χ1v) is 11.3. The van der Waals surface area contributed by atoms with Crippen LogP contribution in [0, 0.1) is 6.92 Å². The normalized spacial score (nSPS) is 10.9. The minimum atomic E-state index is -0.385. The zero-order chi connectivity index (χ0) is 24.5. The molecule has 0 aromatic heterocycles. The molecule has 0 aliphatic heterocycles. The Labute approximate surface area is 205 Å². The van der Waals surface area contributed by atoms with Gasteiger partial charge < -0.3 is 15.4 Å². The van der Waals surface area contributed by atoms with Gasteiger partial charge in [0.25, 0.3) is 11.8 Å². The summed E-state index contributed by atoms with van der Waals surface area (Å²) in [6.45, 7) is 2.29. The fourth-order valence-electron chi connectivity index (χ4n) is 3.39. The molecule has 4 aromatic carbocycles. The average Bonchev–Trinajstić information content (AvgIpc) is 2.88. The van der Waals surface area contributed by atoms with Crippen molar-refractivity contribution in [3.05, 3.63) is 137 Å². The molecule has 0 heterocycles. The molecule has 5 nitrogen and oxygen atoms in total. The van der Waals surface area contributed by atoms with Crippen LogP contribution in [0.15, 0.2) is 115 Å². The number of carbonyl (C=O) groups excluding carboxylic acids is 2. The summed E-state index contributed by atoms with van der Waals surface area (Å²) in [5.41, 5.74) is 3.34. The fraction of sp³-hybridized carbons (Fsp3) is 0.0667. The lowest BCUT2D eigenvalue weighted by Crippen LogP contribution is -2.34. The third-order valence-electron chi connectivity index (χ3n) is 5.25. The van der Waals surface area contributed by atoms with E-state index >= 15 is 0 Å². The van der Waals surface area contributed by atoms with Gasteiger partial charge in [0.2, 0.25) is 0 Å². The zero-order valence-corrected chi connectivity index (χ0v) is 19.4. The average molecular weight is 463 g/mol. The van der Waals surface area contributed by atoms with Crippen molar-refractivity contribution < 1.29 is 14.3 Å². The molecule has 0 fully saturated rings.